The lowest BCUT2D eigenvalue weighted by Gasteiger charge is -2.37. The number of sulfonamides is 1. The lowest BCUT2D eigenvalue weighted by atomic mass is 9.96. The fourth-order valence-electron chi connectivity index (χ4n) is 4.14. The summed E-state index contributed by atoms with van der Waals surface area (Å²) in [7, 11) is -1.85. The molecule has 2 heterocycles. The van der Waals surface area contributed by atoms with Crippen LogP contribution in [0.25, 0.3) is 11.1 Å². The van der Waals surface area contributed by atoms with Crippen LogP contribution in [0.15, 0.2) is 36.4 Å². The Hall–Kier alpha value is -2.62. The third-order valence-electron chi connectivity index (χ3n) is 5.53. The van der Waals surface area contributed by atoms with Gasteiger partial charge in [-0.1, -0.05) is 17.7 Å². The molecule has 1 saturated heterocycles. The molecule has 0 radical (unpaired) electrons. The first kappa shape index (κ1) is 21.6. The number of amides is 2. The fourth-order valence-corrected chi connectivity index (χ4v) is 5.13. The van der Waals surface area contributed by atoms with Crippen LogP contribution in [0.4, 0.5) is 5.69 Å². The van der Waals surface area contributed by atoms with Crippen LogP contribution in [0.3, 0.4) is 0 Å². The van der Waals surface area contributed by atoms with Gasteiger partial charge in [-0.3, -0.25) is 9.59 Å². The number of nitrogens with zero attached hydrogens (tertiary/aromatic N) is 1. The Balaban J connectivity index is 1.69. The molecule has 4 rings (SSSR count). The van der Waals surface area contributed by atoms with Crippen molar-refractivity contribution in [3.05, 3.63) is 47.0 Å². The minimum absolute atomic E-state index is 0.216. The van der Waals surface area contributed by atoms with Gasteiger partial charge in [-0.25, -0.2) is 13.1 Å². The molecule has 2 aliphatic heterocycles. The molecular formula is C21H22ClN3O5S. The molecule has 2 aromatic rings. The number of carbonyl (C=O) groups is 2. The van der Waals surface area contributed by atoms with Crippen LogP contribution in [0, 0.1) is 0 Å². The molecule has 0 aliphatic carbocycles. The molecular weight excluding hydrogens is 442 g/mol. The maximum Gasteiger partial charge on any atom is 0.256 e. The van der Waals surface area contributed by atoms with E-state index in [2.05, 4.69) is 10.0 Å². The standard InChI is InChI=1S/C21H22ClN3O5S/c1-30-19-6-4-13(22)10-15(19)12-3-5-17-16(9-12)21(27)25-8-7-14(24-31(2,28)29)11-18(25)20(26)23-17/h3-6,9-10,14,18,24H,7-8,11H2,1-2H3,(H,23,26)/t14-,18-/m0/s1. The molecule has 2 aliphatic rings. The summed E-state index contributed by atoms with van der Waals surface area (Å²) in [5.74, 6) is -0.000755. The van der Waals surface area contributed by atoms with Crippen molar-refractivity contribution < 1.29 is 22.7 Å². The number of halogens is 1. The number of fused-ring (bicyclic) bond motifs is 2. The van der Waals surface area contributed by atoms with Gasteiger partial charge in [-0.05, 0) is 48.7 Å². The second kappa shape index (κ2) is 8.14. The van der Waals surface area contributed by atoms with Gasteiger partial charge in [0, 0.05) is 23.2 Å². The predicted octanol–water partition coefficient (Wildman–Crippen LogP) is 2.49. The first-order chi connectivity index (χ1) is 14.7. The number of piperidine rings is 1. The lowest BCUT2D eigenvalue weighted by Crippen LogP contribution is -2.54. The maximum absolute atomic E-state index is 13.4. The first-order valence-electron chi connectivity index (χ1n) is 9.73. The molecule has 2 atom stereocenters. The number of methoxy groups -OCH3 is 1. The summed E-state index contributed by atoms with van der Waals surface area (Å²) in [6.07, 6.45) is 1.73. The highest BCUT2D eigenvalue weighted by molar-refractivity contribution is 7.88. The van der Waals surface area contributed by atoms with E-state index >= 15 is 0 Å². The van der Waals surface area contributed by atoms with Gasteiger partial charge in [0.1, 0.15) is 11.8 Å². The summed E-state index contributed by atoms with van der Waals surface area (Å²) in [4.78, 5) is 27.7. The van der Waals surface area contributed by atoms with Gasteiger partial charge < -0.3 is 15.0 Å². The normalized spacial score (nSPS) is 21.1. The van der Waals surface area contributed by atoms with Crippen LogP contribution in [0.5, 0.6) is 5.75 Å². The topological polar surface area (TPSA) is 105 Å². The Morgan fingerprint density at radius 1 is 1.16 bits per heavy atom. The molecule has 0 unspecified atom stereocenters. The summed E-state index contributed by atoms with van der Waals surface area (Å²) < 4.78 is 31.1. The fraction of sp³-hybridized carbons (Fsp3) is 0.333. The van der Waals surface area contributed by atoms with Crippen LogP contribution in [0.2, 0.25) is 5.02 Å². The van der Waals surface area contributed by atoms with Crippen LogP contribution in [-0.2, 0) is 14.8 Å². The Bertz CT molecular complexity index is 1170. The van der Waals surface area contributed by atoms with E-state index in [0.717, 1.165) is 17.4 Å². The van der Waals surface area contributed by atoms with Gasteiger partial charge in [-0.15, -0.1) is 0 Å². The van der Waals surface area contributed by atoms with Crippen LogP contribution in [0.1, 0.15) is 23.2 Å². The van der Waals surface area contributed by atoms with Gasteiger partial charge in [0.25, 0.3) is 5.91 Å². The zero-order valence-electron chi connectivity index (χ0n) is 17.0. The second-order valence-corrected chi connectivity index (χ2v) is 9.94. The number of carbonyl (C=O) groups excluding carboxylic acids is 2. The van der Waals surface area contributed by atoms with Gasteiger partial charge in [-0.2, -0.15) is 0 Å². The van der Waals surface area contributed by atoms with Crippen LogP contribution in [-0.4, -0.2) is 57.1 Å². The second-order valence-electron chi connectivity index (χ2n) is 7.72. The van der Waals surface area contributed by atoms with Gasteiger partial charge >= 0.3 is 0 Å². The number of benzene rings is 2. The highest BCUT2D eigenvalue weighted by Gasteiger charge is 2.40. The van der Waals surface area contributed by atoms with Crippen molar-refractivity contribution in [3.8, 4) is 16.9 Å². The number of anilines is 1. The minimum Gasteiger partial charge on any atom is -0.496 e. The summed E-state index contributed by atoms with van der Waals surface area (Å²) in [6, 6.07) is 9.27. The number of ether oxygens (including phenoxy) is 1. The SMILES string of the molecule is COc1ccc(Cl)cc1-c1ccc2c(c1)C(=O)N1CC[C@H](NS(C)(=O)=O)C[C@H]1C(=O)N2. The molecule has 0 spiro atoms. The van der Waals surface area contributed by atoms with Gasteiger partial charge in [0.05, 0.1) is 24.6 Å². The summed E-state index contributed by atoms with van der Waals surface area (Å²) in [5.41, 5.74) is 2.24. The molecule has 0 saturated carbocycles. The minimum atomic E-state index is -3.41. The first-order valence-corrected chi connectivity index (χ1v) is 12.0. The molecule has 164 valence electrons. The quantitative estimate of drug-likeness (QED) is 0.724. The monoisotopic (exact) mass is 463 g/mol. The lowest BCUT2D eigenvalue weighted by molar-refractivity contribution is -0.121. The van der Waals surface area contributed by atoms with E-state index in [0.29, 0.717) is 28.4 Å². The van der Waals surface area contributed by atoms with Crippen molar-refractivity contribution in [2.75, 3.05) is 25.2 Å². The van der Waals surface area contributed by atoms with Gasteiger partial charge in [0.15, 0.2) is 0 Å². The van der Waals surface area contributed by atoms with Crippen LogP contribution < -0.4 is 14.8 Å². The predicted molar refractivity (Wildman–Crippen MR) is 118 cm³/mol. The number of nitrogens with one attached hydrogen (secondary N) is 2. The van der Waals surface area contributed by atoms with E-state index in [1.165, 1.54) is 4.90 Å². The Labute approximate surface area is 185 Å². The van der Waals surface area contributed by atoms with Crippen molar-refractivity contribution in [1.29, 1.82) is 0 Å². The van der Waals surface area contributed by atoms with Crippen molar-refractivity contribution in [2.45, 2.75) is 24.9 Å². The molecule has 1 fully saturated rings. The highest BCUT2D eigenvalue weighted by atomic mass is 35.5. The van der Waals surface area contributed by atoms with Crippen molar-refractivity contribution in [3.63, 3.8) is 0 Å². The molecule has 8 nitrogen and oxygen atoms in total. The number of rotatable bonds is 4. The summed E-state index contributed by atoms with van der Waals surface area (Å²) in [6.45, 7) is 0.272. The third kappa shape index (κ3) is 4.39. The Kier molecular flexibility index (Phi) is 5.67. The van der Waals surface area contributed by atoms with Crippen molar-refractivity contribution >= 4 is 39.1 Å². The Morgan fingerprint density at radius 3 is 2.65 bits per heavy atom. The molecule has 2 N–H and O–H groups in total. The highest BCUT2D eigenvalue weighted by Crippen LogP contribution is 2.36. The molecule has 2 amide bonds. The maximum atomic E-state index is 13.4. The average Bonchev–Trinajstić information content (AvgIpc) is 2.81. The Morgan fingerprint density at radius 2 is 1.94 bits per heavy atom. The molecule has 2 aromatic carbocycles. The average molecular weight is 464 g/mol. The third-order valence-corrected chi connectivity index (χ3v) is 6.52. The van der Waals surface area contributed by atoms with Crippen LogP contribution >= 0.6 is 11.6 Å². The van der Waals surface area contributed by atoms with Crippen molar-refractivity contribution in [2.24, 2.45) is 0 Å². The van der Waals surface area contributed by atoms with E-state index in [1.807, 2.05) is 0 Å². The summed E-state index contributed by atoms with van der Waals surface area (Å²) in [5, 5.41) is 3.35. The number of hydrogen-bond acceptors (Lipinski definition) is 5. The largest absolute Gasteiger partial charge is 0.496 e. The molecule has 0 bridgehead atoms. The van der Waals surface area contributed by atoms with Crippen molar-refractivity contribution in [1.82, 2.24) is 9.62 Å². The van der Waals surface area contributed by atoms with E-state index < -0.39 is 22.1 Å². The van der Waals surface area contributed by atoms with E-state index in [-0.39, 0.29) is 24.8 Å². The summed E-state index contributed by atoms with van der Waals surface area (Å²) >= 11 is 6.16. The zero-order chi connectivity index (χ0) is 22.3. The number of hydrogen-bond donors (Lipinski definition) is 2. The molecule has 0 aromatic heterocycles. The van der Waals surface area contributed by atoms with E-state index in [4.69, 9.17) is 16.3 Å². The molecule has 31 heavy (non-hydrogen) atoms. The smallest absolute Gasteiger partial charge is 0.256 e. The zero-order valence-corrected chi connectivity index (χ0v) is 18.6. The molecule has 10 heteroatoms. The van der Waals surface area contributed by atoms with E-state index in [9.17, 15) is 18.0 Å². The van der Waals surface area contributed by atoms with E-state index in [1.54, 1.807) is 43.5 Å². The van der Waals surface area contributed by atoms with Gasteiger partial charge in [0.2, 0.25) is 15.9 Å².